The van der Waals surface area contributed by atoms with Gasteiger partial charge < -0.3 is 70.8 Å². The largest absolute Gasteiger partial charge is 0.480 e. The number of halogens is 1. The van der Waals surface area contributed by atoms with Crippen molar-refractivity contribution in [1.82, 2.24) is 30.2 Å². The van der Waals surface area contributed by atoms with Crippen LogP contribution in [0.15, 0.2) is 170 Å². The van der Waals surface area contributed by atoms with E-state index in [0.29, 0.717) is 25.7 Å². The molecule has 0 saturated carbocycles. The van der Waals surface area contributed by atoms with E-state index in [9.17, 15) is 24.0 Å². The first-order valence-electron chi connectivity index (χ1n) is 28.4. The number of methoxy groups -OCH3 is 2. The summed E-state index contributed by atoms with van der Waals surface area (Å²) < 4.78 is 9.98. The zero-order chi connectivity index (χ0) is 61.2. The molecule has 0 fully saturated rings. The summed E-state index contributed by atoms with van der Waals surface area (Å²) in [6.07, 6.45) is 5.48. The number of nitrogens with one attached hydrogen (secondary N) is 5. The molecule has 12 rings (SSSR count). The SMILES string of the molecule is CC.CC.COC(=O)C1Cc2c([nH]c3ccccc23)C(c2ccccc2)N1.COC(=O)C1Cc2c([nH]c3ccccc23)C(c2ccccc2)N1C(=O)CCl.NC(Cc1c[nH]c2ccccc12)C(=O)CO.NC(Cc1c[nH]c2ccccc12)C(=O)O.[CH3-].[CH3-].[Y].[Y]. The number of carbonyl (C=O) groups is 5. The topological polar surface area (TPSA) is 275 Å². The Bertz CT molecular complexity index is 3830. The second kappa shape index (κ2) is 37.5. The number of esters is 2. The summed E-state index contributed by atoms with van der Waals surface area (Å²) in [7, 11) is 2.78. The second-order valence-electron chi connectivity index (χ2n) is 19.7. The van der Waals surface area contributed by atoms with Gasteiger partial charge in [-0.2, -0.15) is 0 Å². The molecule has 11 N–H and O–H groups in total. The minimum absolute atomic E-state index is 0. The molecule has 2 radical (unpaired) electrons. The van der Waals surface area contributed by atoms with E-state index < -0.39 is 42.7 Å². The summed E-state index contributed by atoms with van der Waals surface area (Å²) in [4.78, 5) is 74.0. The summed E-state index contributed by atoms with van der Waals surface area (Å²) in [5.41, 5.74) is 23.6. The van der Waals surface area contributed by atoms with Crippen LogP contribution in [-0.2, 0) is 125 Å². The average molecular weight is 1380 g/mol. The number of amides is 1. The fourth-order valence-corrected chi connectivity index (χ4v) is 10.9. The van der Waals surface area contributed by atoms with Crippen molar-refractivity contribution in [3.05, 3.63) is 230 Å². The zero-order valence-corrected chi connectivity index (χ0v) is 58.2. The number of H-pyrrole nitrogens is 4. The number of aromatic nitrogens is 4. The number of ether oxygens (including phenoxy) is 2. The van der Waals surface area contributed by atoms with Gasteiger partial charge in [0.05, 0.1) is 32.3 Å². The van der Waals surface area contributed by atoms with Gasteiger partial charge in [-0.05, 0) is 64.1 Å². The summed E-state index contributed by atoms with van der Waals surface area (Å²) >= 11 is 5.90. The molecule has 6 atom stereocenters. The molecular formula is C69H81ClN8O9Y2-2. The van der Waals surface area contributed by atoms with Gasteiger partial charge in [0.1, 0.15) is 30.6 Å². The number of aromatic amines is 4. The Morgan fingerprint density at radius 3 is 1.45 bits per heavy atom. The molecule has 0 bridgehead atoms. The molecule has 20 heteroatoms. The number of nitrogens with two attached hydrogens (primary N) is 2. The van der Waals surface area contributed by atoms with Crippen molar-refractivity contribution in [2.75, 3.05) is 26.7 Å². The normalized spacial score (nSPS) is 15.6. The Labute approximate surface area is 576 Å². The van der Waals surface area contributed by atoms with Crippen molar-refractivity contribution in [1.29, 1.82) is 0 Å². The quantitative estimate of drug-likeness (QED) is 0.0314. The van der Waals surface area contributed by atoms with Crippen molar-refractivity contribution < 1.29 is 109 Å². The Hall–Kier alpha value is -6.63. The van der Waals surface area contributed by atoms with Crippen LogP contribution < -0.4 is 16.8 Å². The van der Waals surface area contributed by atoms with Crippen molar-refractivity contribution in [2.45, 2.75) is 89.6 Å². The van der Waals surface area contributed by atoms with Crippen LogP contribution in [-0.4, -0.2) is 116 Å². The van der Waals surface area contributed by atoms with Crippen LogP contribution in [0.1, 0.15) is 84.5 Å². The van der Waals surface area contributed by atoms with Crippen molar-refractivity contribution in [2.24, 2.45) is 11.5 Å². The predicted molar refractivity (Wildman–Crippen MR) is 348 cm³/mol. The van der Waals surface area contributed by atoms with E-state index in [1.54, 1.807) is 4.90 Å². The van der Waals surface area contributed by atoms with E-state index in [0.717, 1.165) is 77.4 Å². The molecule has 0 saturated heterocycles. The number of aliphatic hydroxyl groups excluding tert-OH is 1. The van der Waals surface area contributed by atoms with E-state index in [4.69, 9.17) is 42.8 Å². The maximum Gasteiger partial charge on any atom is 0.328 e. The molecule has 2 aliphatic rings. The van der Waals surface area contributed by atoms with Crippen LogP contribution in [0, 0.1) is 14.9 Å². The van der Waals surface area contributed by atoms with Gasteiger partial charge in [0.25, 0.3) is 0 Å². The van der Waals surface area contributed by atoms with Gasteiger partial charge in [-0.3, -0.25) is 24.5 Å². The summed E-state index contributed by atoms with van der Waals surface area (Å²) in [6.45, 7) is 7.50. The molecule has 17 nitrogen and oxygen atoms in total. The Morgan fingerprint density at radius 1 is 0.573 bits per heavy atom. The average Bonchev–Trinajstić information content (AvgIpc) is 1.81. The number of carbonyl (C=O) groups excluding carboxylic acids is 4. The van der Waals surface area contributed by atoms with E-state index in [1.165, 1.54) is 25.2 Å². The maximum absolute atomic E-state index is 12.8. The fraction of sp³-hybridized carbons (Fsp3) is 0.261. The number of Topliss-reactive ketones (excluding diaryl/α,β-unsaturated/α-hetero) is 1. The minimum Gasteiger partial charge on any atom is -0.480 e. The number of fused-ring (bicyclic) bond motifs is 8. The van der Waals surface area contributed by atoms with E-state index in [-0.39, 0.29) is 116 Å². The molecule has 0 spiro atoms. The first kappa shape index (κ1) is 76.6. The number of aliphatic carboxylic acids is 1. The van der Waals surface area contributed by atoms with Crippen LogP contribution in [0.3, 0.4) is 0 Å². The number of hydrogen-bond acceptors (Lipinski definition) is 11. The molecule has 2 aliphatic heterocycles. The standard InChI is InChI=1S/C21H19ClN2O3.C19H18N2O2.C12H14N2O2.C11H12N2O2.2C2H6.2CH3.2Y/c1-27-21(26)17-11-15-14-9-5-6-10-16(14)23-19(15)20(24(17)18(25)12-22)13-7-3-2-4-8-13;1-23-19(22)16-11-14-13-9-5-6-10-15(13)20-18(14)17(21-16)12-7-3-2-4-8-12;13-10(12(16)7-15)5-8-6-14-11-4-2-1-3-9(8)11;12-9(11(14)15)5-7-6-13-10-4-2-1-3-8(7)10;2*1-2;;;;/h2-10,17,20,23H,11-12H2,1H3;2-10,16-17,20-21H,11H2,1H3;1-4,6,10,14-15H,5,7,13H2;1-4,6,9,13H,5,12H2,(H,14,15);2*1-2H3;2*1H3;;/q;;;;;;2*-1;;. The summed E-state index contributed by atoms with van der Waals surface area (Å²) in [5, 5.41) is 25.2. The third kappa shape index (κ3) is 18.3. The van der Waals surface area contributed by atoms with Gasteiger partial charge >= 0.3 is 17.9 Å². The first-order valence-corrected chi connectivity index (χ1v) is 28.9. The van der Waals surface area contributed by atoms with E-state index in [1.807, 2.05) is 174 Å². The molecule has 6 heterocycles. The number of carboxylic acids is 1. The molecule has 6 unspecified atom stereocenters. The summed E-state index contributed by atoms with van der Waals surface area (Å²) in [6, 6.07) is 48.6. The van der Waals surface area contributed by atoms with Crippen LogP contribution in [0.2, 0.25) is 0 Å². The van der Waals surface area contributed by atoms with Crippen LogP contribution in [0.25, 0.3) is 43.6 Å². The van der Waals surface area contributed by atoms with Gasteiger partial charge in [0, 0.05) is 152 Å². The van der Waals surface area contributed by atoms with Crippen LogP contribution >= 0.6 is 11.6 Å². The number of nitrogens with zero attached hydrogens (tertiary/aromatic N) is 1. The number of benzene rings is 6. The number of alkyl halides is 1. The molecule has 10 aromatic rings. The van der Waals surface area contributed by atoms with E-state index >= 15 is 0 Å². The number of carboxylic acid groups (broad SMARTS) is 1. The summed E-state index contributed by atoms with van der Waals surface area (Å²) in [5.74, 6) is -2.46. The minimum atomic E-state index is -0.972. The molecule has 1 amide bonds. The molecule has 466 valence electrons. The zero-order valence-electron chi connectivity index (χ0n) is 51.8. The van der Waals surface area contributed by atoms with Crippen LogP contribution in [0.4, 0.5) is 0 Å². The molecule has 89 heavy (non-hydrogen) atoms. The molecular weight excluding hydrogens is 1300 g/mol. The monoisotopic (exact) mass is 1380 g/mol. The number of hydrogen-bond donors (Lipinski definition) is 9. The Kier molecular flexibility index (Phi) is 32.3. The van der Waals surface area contributed by atoms with Gasteiger partial charge in [0.2, 0.25) is 5.91 Å². The smallest absolute Gasteiger partial charge is 0.328 e. The number of rotatable bonds is 12. The Balaban J connectivity index is 0.000000307. The van der Waals surface area contributed by atoms with Crippen molar-refractivity contribution in [3.8, 4) is 0 Å². The molecule has 6 aromatic carbocycles. The number of para-hydroxylation sites is 4. The second-order valence-corrected chi connectivity index (χ2v) is 20.0. The number of aliphatic hydroxyl groups is 1. The fourth-order valence-electron chi connectivity index (χ4n) is 10.8. The third-order valence-corrected chi connectivity index (χ3v) is 15.0. The first-order chi connectivity index (χ1) is 41.3. The van der Waals surface area contributed by atoms with Gasteiger partial charge in [0.15, 0.2) is 5.78 Å². The van der Waals surface area contributed by atoms with Gasteiger partial charge in [-0.1, -0.05) is 161 Å². The number of ketones is 1. The van der Waals surface area contributed by atoms with Crippen molar-refractivity contribution >= 4 is 84.8 Å². The molecule has 4 aromatic heterocycles. The maximum atomic E-state index is 12.8. The van der Waals surface area contributed by atoms with Gasteiger partial charge in [-0.15, -0.1) is 11.6 Å². The van der Waals surface area contributed by atoms with Crippen molar-refractivity contribution in [3.63, 3.8) is 0 Å². The van der Waals surface area contributed by atoms with E-state index in [2.05, 4.69) is 49.5 Å². The van der Waals surface area contributed by atoms with Crippen LogP contribution in [0.5, 0.6) is 0 Å². The molecule has 0 aliphatic carbocycles. The van der Waals surface area contributed by atoms with Gasteiger partial charge in [-0.25, -0.2) is 4.79 Å². The Morgan fingerprint density at radius 2 is 0.989 bits per heavy atom. The third-order valence-electron chi connectivity index (χ3n) is 14.8. The predicted octanol–water partition coefficient (Wildman–Crippen LogP) is 11.0.